The molecule has 0 saturated heterocycles. The third kappa shape index (κ3) is 6.53. The van der Waals surface area contributed by atoms with Crippen molar-refractivity contribution in [1.82, 2.24) is 0 Å². The minimum Gasteiger partial charge on any atom is -0.493 e. The Morgan fingerprint density at radius 1 is 0.806 bits per heavy atom. The second-order valence-corrected chi connectivity index (χ2v) is 6.94. The van der Waals surface area contributed by atoms with E-state index >= 15 is 0 Å². The lowest BCUT2D eigenvalue weighted by atomic mass is 10.1. The van der Waals surface area contributed by atoms with Crippen molar-refractivity contribution in [1.29, 1.82) is 0 Å². The van der Waals surface area contributed by atoms with Gasteiger partial charge in [-0.25, -0.2) is 0 Å². The molecule has 0 N–H and O–H groups in total. The van der Waals surface area contributed by atoms with Gasteiger partial charge in [0.1, 0.15) is 18.3 Å². The van der Waals surface area contributed by atoms with Crippen LogP contribution in [0.2, 0.25) is 0 Å². The van der Waals surface area contributed by atoms with Crippen LogP contribution in [0.5, 0.6) is 0 Å². The van der Waals surface area contributed by atoms with E-state index in [1.807, 2.05) is 60.7 Å². The van der Waals surface area contributed by atoms with Crippen LogP contribution in [-0.4, -0.2) is 24.9 Å². The highest BCUT2D eigenvalue weighted by Gasteiger charge is 2.34. The lowest BCUT2D eigenvalue weighted by Crippen LogP contribution is -2.45. The van der Waals surface area contributed by atoms with E-state index in [0.717, 1.165) is 11.1 Å². The van der Waals surface area contributed by atoms with Crippen LogP contribution < -0.4 is 0 Å². The molecule has 4 rings (SSSR count). The maximum atomic E-state index is 8.41. The van der Waals surface area contributed by atoms with Gasteiger partial charge in [0, 0.05) is 0 Å². The molecule has 0 spiro atoms. The summed E-state index contributed by atoms with van der Waals surface area (Å²) in [4.78, 5) is 0. The van der Waals surface area contributed by atoms with Gasteiger partial charge < -0.3 is 18.9 Å². The molecule has 1 aliphatic rings. The van der Waals surface area contributed by atoms with Gasteiger partial charge in [-0.3, -0.25) is 0 Å². The third-order valence-corrected chi connectivity index (χ3v) is 4.70. The molecule has 3 aromatic rings. The van der Waals surface area contributed by atoms with Crippen molar-refractivity contribution in [2.45, 2.75) is 38.1 Å². The highest BCUT2D eigenvalue weighted by atomic mass is 16.6. The molecule has 31 heavy (non-hydrogen) atoms. The van der Waals surface area contributed by atoms with E-state index in [2.05, 4.69) is 0 Å². The van der Waals surface area contributed by atoms with Gasteiger partial charge in [-0.2, -0.15) is 0 Å². The summed E-state index contributed by atoms with van der Waals surface area (Å²) in [5.74, 6) is 0. The Bertz CT molecular complexity index is 1230. The molecule has 3 atom stereocenters. The number of benzene rings is 3. The first kappa shape index (κ1) is 14.2. The molecule has 1 aliphatic heterocycles. The molecule has 3 aromatic carbocycles. The van der Waals surface area contributed by atoms with Crippen molar-refractivity contribution >= 4 is 0 Å². The minimum atomic E-state index is -2.69. The van der Waals surface area contributed by atoms with E-state index in [1.54, 1.807) is 6.08 Å². The van der Waals surface area contributed by atoms with Crippen LogP contribution in [0.25, 0.3) is 0 Å². The fourth-order valence-corrected chi connectivity index (χ4v) is 3.14. The lowest BCUT2D eigenvalue weighted by Gasteiger charge is -2.34. The van der Waals surface area contributed by atoms with Gasteiger partial charge >= 0.3 is 0 Å². The van der Waals surface area contributed by atoms with E-state index in [1.165, 1.54) is 6.26 Å². The Morgan fingerprint density at radius 3 is 2.13 bits per heavy atom. The largest absolute Gasteiger partial charge is 0.493 e. The molecule has 1 heterocycles. The molecule has 160 valence electrons. The highest BCUT2D eigenvalue weighted by molar-refractivity contribution is 5.15. The summed E-state index contributed by atoms with van der Waals surface area (Å²) in [6.45, 7) is -2.45. The van der Waals surface area contributed by atoms with Crippen molar-refractivity contribution in [3.8, 4) is 0 Å². The molecule has 0 aromatic heterocycles. The predicted molar refractivity (Wildman–Crippen MR) is 120 cm³/mol. The smallest absolute Gasteiger partial charge is 0.150 e. The molecular weight excluding hydrogens is 388 g/mol. The van der Waals surface area contributed by atoms with Gasteiger partial charge in [0.25, 0.3) is 0 Å². The number of rotatable bonds is 10. The lowest BCUT2D eigenvalue weighted by molar-refractivity contribution is -0.147. The zero-order valence-corrected chi connectivity index (χ0v) is 16.9. The van der Waals surface area contributed by atoms with Gasteiger partial charge in [0.15, 0.2) is 0 Å². The Kier molecular flexibility index (Phi) is 5.25. The van der Waals surface area contributed by atoms with Crippen LogP contribution in [-0.2, 0) is 38.7 Å². The molecule has 0 amide bonds. The normalized spacial score (nSPS) is 24.0. The van der Waals surface area contributed by atoms with E-state index in [0.29, 0.717) is 6.61 Å². The van der Waals surface area contributed by atoms with Gasteiger partial charge in [0.05, 0.1) is 42.2 Å². The summed E-state index contributed by atoms with van der Waals surface area (Å²) in [6.07, 6.45) is 1.16. The van der Waals surface area contributed by atoms with E-state index in [9.17, 15) is 0 Å². The average molecular weight is 424 g/mol. The molecule has 4 heteroatoms. The Balaban J connectivity index is 1.53. The third-order valence-electron chi connectivity index (χ3n) is 4.70. The quantitative estimate of drug-likeness (QED) is 0.444. The minimum absolute atomic E-state index is 0.250. The van der Waals surface area contributed by atoms with Gasteiger partial charge in [-0.05, 0) is 22.8 Å². The monoisotopic (exact) mass is 423 g/mol. The van der Waals surface area contributed by atoms with Crippen LogP contribution >= 0.6 is 0 Å². The molecule has 0 aliphatic carbocycles. The van der Waals surface area contributed by atoms with Gasteiger partial charge in [-0.1, -0.05) is 90.9 Å². The molecule has 0 unspecified atom stereocenters. The van der Waals surface area contributed by atoms with E-state index in [4.69, 9.17) is 28.5 Å². The van der Waals surface area contributed by atoms with E-state index < -0.39 is 60.6 Å². The van der Waals surface area contributed by atoms with Crippen molar-refractivity contribution in [2.75, 3.05) is 6.61 Å². The van der Waals surface area contributed by atoms with Crippen LogP contribution in [0.1, 0.15) is 26.3 Å². The summed E-state index contributed by atoms with van der Waals surface area (Å²) in [7, 11) is 0. The van der Waals surface area contributed by atoms with Crippen LogP contribution in [0, 0.1) is 0 Å². The zero-order chi connectivity index (χ0) is 27.3. The van der Waals surface area contributed by atoms with Crippen molar-refractivity contribution < 1.29 is 28.5 Å². The average Bonchev–Trinajstić information content (AvgIpc) is 2.93. The van der Waals surface area contributed by atoms with Crippen molar-refractivity contribution in [3.63, 3.8) is 0 Å². The molecule has 0 saturated carbocycles. The standard InChI is InChI=1S/C27H28O4/c1-4-10-22(11-5-1)18-28-21-26-27(31-20-24-14-8-3-9-15-24)25(16-17-29-26)30-19-23-12-6-2-7-13-23/h1-17,25-27H,18-21H2/t25-,26-,27+/m1/s1/i1D,4D,5D,10D,11D,18D2. The van der Waals surface area contributed by atoms with Gasteiger partial charge in [0.2, 0.25) is 0 Å². The Labute approximate surface area is 193 Å². The zero-order valence-electron chi connectivity index (χ0n) is 23.9. The van der Waals surface area contributed by atoms with Crippen molar-refractivity contribution in [2.24, 2.45) is 0 Å². The summed E-state index contributed by atoms with van der Waals surface area (Å²) >= 11 is 0. The SMILES string of the molecule is [2H]c1c([2H])c([2H])c(C([2H])([2H])OC[C@H]2OC=C[C@@H](OCc3ccccc3)[C@@H]2OCc2ccccc2)c([2H])c1[2H]. The Hall–Kier alpha value is -2.92. The molecule has 0 fully saturated rings. The predicted octanol–water partition coefficient (Wildman–Crippen LogP) is 5.29. The summed E-state index contributed by atoms with van der Waals surface area (Å²) < 4.78 is 80.1. The van der Waals surface area contributed by atoms with Crippen LogP contribution in [0.4, 0.5) is 0 Å². The first-order valence-corrected chi connectivity index (χ1v) is 10.0. The Morgan fingerprint density at radius 2 is 1.45 bits per heavy atom. The molecule has 0 radical (unpaired) electrons. The summed E-state index contributed by atoms with van der Waals surface area (Å²) in [5.41, 5.74) is 1.32. The van der Waals surface area contributed by atoms with Gasteiger partial charge in [-0.15, -0.1) is 0 Å². The van der Waals surface area contributed by atoms with Crippen molar-refractivity contribution in [3.05, 3.63) is 120 Å². The number of hydrogen-bond donors (Lipinski definition) is 0. The first-order valence-electron chi connectivity index (χ1n) is 13.5. The molecule has 0 bridgehead atoms. The number of ether oxygens (including phenoxy) is 4. The first-order chi connectivity index (χ1) is 18.2. The van der Waals surface area contributed by atoms with E-state index in [-0.39, 0.29) is 13.2 Å². The fourth-order valence-electron chi connectivity index (χ4n) is 3.14. The molecule has 4 nitrogen and oxygen atoms in total. The number of hydrogen-bond acceptors (Lipinski definition) is 4. The second kappa shape index (κ2) is 11.5. The highest BCUT2D eigenvalue weighted by Crippen LogP contribution is 2.22. The van der Waals surface area contributed by atoms with Crippen LogP contribution in [0.3, 0.4) is 0 Å². The molecular formula is C27H28O4. The summed E-state index contributed by atoms with van der Waals surface area (Å²) in [5, 5.41) is 0. The maximum absolute atomic E-state index is 8.41. The summed E-state index contributed by atoms with van der Waals surface area (Å²) in [6, 6.07) is 16.0. The van der Waals surface area contributed by atoms with Crippen LogP contribution in [0.15, 0.2) is 103 Å². The fraction of sp³-hybridized carbons (Fsp3) is 0.259. The second-order valence-electron chi connectivity index (χ2n) is 6.94. The topological polar surface area (TPSA) is 36.9 Å². The maximum Gasteiger partial charge on any atom is 0.150 e.